The van der Waals surface area contributed by atoms with E-state index in [1.165, 1.54) is 6.07 Å². The van der Waals surface area contributed by atoms with Crippen LogP contribution in [0.2, 0.25) is 0 Å². The van der Waals surface area contributed by atoms with E-state index < -0.39 is 17.9 Å². The standard InChI is InChI=1S/C14H12F3N5O/c15-14(16,17)11-7-8(5-6-19-11)13-20-12-9(21-22-18)3-1-2-4-10(12)23-13/h5-7,9H,1-4H2. The summed E-state index contributed by atoms with van der Waals surface area (Å²) >= 11 is 0. The molecule has 3 rings (SSSR count). The monoisotopic (exact) mass is 323 g/mol. The highest BCUT2D eigenvalue weighted by molar-refractivity contribution is 5.54. The quantitative estimate of drug-likeness (QED) is 0.343. The highest BCUT2D eigenvalue weighted by Crippen LogP contribution is 2.35. The highest BCUT2D eigenvalue weighted by Gasteiger charge is 2.33. The van der Waals surface area contributed by atoms with Crippen molar-refractivity contribution >= 4 is 0 Å². The van der Waals surface area contributed by atoms with Crippen molar-refractivity contribution in [3.63, 3.8) is 0 Å². The summed E-state index contributed by atoms with van der Waals surface area (Å²) in [6.07, 6.45) is -0.475. The molecule has 0 aliphatic heterocycles. The molecule has 0 spiro atoms. The predicted molar refractivity (Wildman–Crippen MR) is 74.2 cm³/mol. The highest BCUT2D eigenvalue weighted by atomic mass is 19.4. The minimum Gasteiger partial charge on any atom is -0.441 e. The number of fused-ring (bicyclic) bond motifs is 1. The Kier molecular flexibility index (Phi) is 3.96. The minimum absolute atomic E-state index is 0.0861. The summed E-state index contributed by atoms with van der Waals surface area (Å²) in [4.78, 5) is 10.4. The first-order valence-corrected chi connectivity index (χ1v) is 7.06. The van der Waals surface area contributed by atoms with Crippen LogP contribution in [0.25, 0.3) is 21.9 Å². The van der Waals surface area contributed by atoms with Crippen LogP contribution < -0.4 is 0 Å². The van der Waals surface area contributed by atoms with Crippen molar-refractivity contribution in [3.05, 3.63) is 45.9 Å². The van der Waals surface area contributed by atoms with Gasteiger partial charge in [0.2, 0.25) is 5.89 Å². The Labute approximate surface area is 129 Å². The maximum Gasteiger partial charge on any atom is 0.433 e. The van der Waals surface area contributed by atoms with Gasteiger partial charge in [-0.3, -0.25) is 4.98 Å². The smallest absolute Gasteiger partial charge is 0.433 e. The second-order valence-electron chi connectivity index (χ2n) is 5.22. The molecule has 0 radical (unpaired) electrons. The van der Waals surface area contributed by atoms with Crippen molar-refractivity contribution in [2.75, 3.05) is 0 Å². The first-order valence-electron chi connectivity index (χ1n) is 7.06. The van der Waals surface area contributed by atoms with Gasteiger partial charge in [0.25, 0.3) is 0 Å². The first-order chi connectivity index (χ1) is 11.0. The van der Waals surface area contributed by atoms with Crippen LogP contribution in [0.3, 0.4) is 0 Å². The summed E-state index contributed by atoms with van der Waals surface area (Å²) < 4.78 is 43.9. The fourth-order valence-electron chi connectivity index (χ4n) is 2.58. The van der Waals surface area contributed by atoms with E-state index in [2.05, 4.69) is 20.0 Å². The SMILES string of the molecule is [N-]=[N+]=NC1CCCCc2oc(-c3ccnc(C(F)(F)F)c3)nc21. The van der Waals surface area contributed by atoms with Crippen molar-refractivity contribution in [2.45, 2.75) is 37.9 Å². The molecule has 1 atom stereocenters. The van der Waals surface area contributed by atoms with E-state index in [0.717, 1.165) is 25.1 Å². The Morgan fingerprint density at radius 3 is 2.91 bits per heavy atom. The molecule has 1 unspecified atom stereocenters. The van der Waals surface area contributed by atoms with Crippen molar-refractivity contribution < 1.29 is 17.6 Å². The van der Waals surface area contributed by atoms with Gasteiger partial charge in [-0.15, -0.1) is 0 Å². The molecule has 2 aromatic rings. The molecule has 0 fully saturated rings. The van der Waals surface area contributed by atoms with Gasteiger partial charge in [0.1, 0.15) is 11.5 Å². The molecule has 0 saturated carbocycles. The molecular weight excluding hydrogens is 311 g/mol. The number of hydrogen-bond acceptors (Lipinski definition) is 4. The second-order valence-corrected chi connectivity index (χ2v) is 5.22. The Morgan fingerprint density at radius 1 is 1.35 bits per heavy atom. The molecule has 6 nitrogen and oxygen atoms in total. The Morgan fingerprint density at radius 2 is 2.17 bits per heavy atom. The van der Waals surface area contributed by atoms with Gasteiger partial charge in [0, 0.05) is 23.1 Å². The lowest BCUT2D eigenvalue weighted by Crippen LogP contribution is -2.07. The lowest BCUT2D eigenvalue weighted by molar-refractivity contribution is -0.141. The number of alkyl halides is 3. The topological polar surface area (TPSA) is 87.7 Å². The van der Waals surface area contributed by atoms with E-state index >= 15 is 0 Å². The zero-order chi connectivity index (χ0) is 16.4. The molecule has 9 heteroatoms. The number of azide groups is 1. The van der Waals surface area contributed by atoms with Crippen molar-refractivity contribution in [1.29, 1.82) is 0 Å². The fraction of sp³-hybridized carbons (Fsp3) is 0.429. The molecule has 1 aliphatic carbocycles. The molecule has 0 bridgehead atoms. The minimum atomic E-state index is -4.53. The summed E-state index contributed by atoms with van der Waals surface area (Å²) in [6, 6.07) is 1.86. The molecule has 0 saturated heterocycles. The van der Waals surface area contributed by atoms with Crippen LogP contribution in [0.1, 0.15) is 42.5 Å². The van der Waals surface area contributed by atoms with Crippen LogP contribution in [0, 0.1) is 0 Å². The number of aryl methyl sites for hydroxylation is 1. The second kappa shape index (κ2) is 5.92. The molecular formula is C14H12F3N5O. The third kappa shape index (κ3) is 3.14. The van der Waals surface area contributed by atoms with Crippen LogP contribution in [0.15, 0.2) is 27.9 Å². The van der Waals surface area contributed by atoms with E-state index in [9.17, 15) is 13.2 Å². The molecule has 120 valence electrons. The van der Waals surface area contributed by atoms with Crippen molar-refractivity contribution in [3.8, 4) is 11.5 Å². The van der Waals surface area contributed by atoms with Crippen LogP contribution in [-0.4, -0.2) is 9.97 Å². The van der Waals surface area contributed by atoms with Gasteiger partial charge in [-0.2, -0.15) is 13.2 Å². The van der Waals surface area contributed by atoms with E-state index in [-0.39, 0.29) is 11.5 Å². The summed E-state index contributed by atoms with van der Waals surface area (Å²) in [5.74, 6) is 0.656. The first kappa shape index (κ1) is 15.4. The Balaban J connectivity index is 2.03. The lowest BCUT2D eigenvalue weighted by Gasteiger charge is -2.06. The number of rotatable bonds is 2. The summed E-state index contributed by atoms with van der Waals surface area (Å²) in [7, 11) is 0. The lowest BCUT2D eigenvalue weighted by atomic mass is 10.1. The maximum absolute atomic E-state index is 12.8. The number of hydrogen-bond donors (Lipinski definition) is 0. The maximum atomic E-state index is 12.8. The van der Waals surface area contributed by atoms with Crippen LogP contribution in [0.4, 0.5) is 13.2 Å². The van der Waals surface area contributed by atoms with Gasteiger partial charge in [-0.05, 0) is 30.5 Å². The third-order valence-electron chi connectivity index (χ3n) is 3.66. The van der Waals surface area contributed by atoms with Gasteiger partial charge in [-0.1, -0.05) is 11.5 Å². The molecule has 0 N–H and O–H groups in total. The number of halogens is 3. The van der Waals surface area contributed by atoms with E-state index in [4.69, 9.17) is 9.95 Å². The number of aromatic nitrogens is 2. The summed E-state index contributed by atoms with van der Waals surface area (Å²) in [5.41, 5.74) is 8.36. The van der Waals surface area contributed by atoms with Gasteiger partial charge < -0.3 is 4.42 Å². The third-order valence-corrected chi connectivity index (χ3v) is 3.66. The largest absolute Gasteiger partial charge is 0.441 e. The molecule has 0 amide bonds. The van der Waals surface area contributed by atoms with E-state index in [1.54, 1.807) is 0 Å². The molecule has 23 heavy (non-hydrogen) atoms. The Hall–Kier alpha value is -2.54. The van der Waals surface area contributed by atoms with Gasteiger partial charge >= 0.3 is 6.18 Å². The van der Waals surface area contributed by atoms with Crippen molar-refractivity contribution in [1.82, 2.24) is 9.97 Å². The van der Waals surface area contributed by atoms with E-state index in [0.29, 0.717) is 24.3 Å². The van der Waals surface area contributed by atoms with Gasteiger partial charge in [0.15, 0.2) is 0 Å². The normalized spacial score (nSPS) is 18.0. The van der Waals surface area contributed by atoms with Crippen molar-refractivity contribution in [2.24, 2.45) is 5.11 Å². The van der Waals surface area contributed by atoms with Gasteiger partial charge in [-0.25, -0.2) is 4.98 Å². The average molecular weight is 323 g/mol. The van der Waals surface area contributed by atoms with E-state index in [1.807, 2.05) is 0 Å². The molecule has 2 heterocycles. The number of oxazole rings is 1. The summed E-state index contributed by atoms with van der Waals surface area (Å²) in [5, 5.41) is 3.71. The summed E-state index contributed by atoms with van der Waals surface area (Å²) in [6.45, 7) is 0. The van der Waals surface area contributed by atoms with Gasteiger partial charge in [0.05, 0.1) is 11.7 Å². The van der Waals surface area contributed by atoms with Crippen LogP contribution >= 0.6 is 0 Å². The number of pyridine rings is 1. The van der Waals surface area contributed by atoms with Crippen LogP contribution in [-0.2, 0) is 12.6 Å². The molecule has 1 aliphatic rings. The zero-order valence-electron chi connectivity index (χ0n) is 11.9. The molecule has 2 aromatic heterocycles. The number of nitrogens with zero attached hydrogens (tertiary/aromatic N) is 5. The van der Waals surface area contributed by atoms with Crippen LogP contribution in [0.5, 0.6) is 0 Å². The fourth-order valence-corrected chi connectivity index (χ4v) is 2.58. The zero-order valence-corrected chi connectivity index (χ0v) is 11.9. The Bertz CT molecular complexity index is 764. The predicted octanol–water partition coefficient (Wildman–Crippen LogP) is 4.83. The molecule has 0 aromatic carbocycles. The average Bonchev–Trinajstić information content (AvgIpc) is 2.85.